The zero-order valence-corrected chi connectivity index (χ0v) is 10.4. The predicted octanol–water partition coefficient (Wildman–Crippen LogP) is 3.41. The molecule has 19 heavy (non-hydrogen) atoms. The summed E-state index contributed by atoms with van der Waals surface area (Å²) in [5, 5.41) is 9.05. The van der Waals surface area contributed by atoms with Crippen molar-refractivity contribution in [3.05, 3.63) is 29.8 Å². The van der Waals surface area contributed by atoms with E-state index in [4.69, 9.17) is 5.11 Å². The Labute approximate surface area is 108 Å². The molecule has 1 aromatic rings. The van der Waals surface area contributed by atoms with Crippen LogP contribution >= 0.6 is 0 Å². The Balaban J connectivity index is 2.14. The highest BCUT2D eigenvalue weighted by Crippen LogP contribution is 2.64. The third-order valence-corrected chi connectivity index (χ3v) is 3.57. The van der Waals surface area contributed by atoms with Crippen LogP contribution in [0, 0.1) is 11.3 Å². The van der Waals surface area contributed by atoms with Gasteiger partial charge < -0.3 is 9.84 Å². The number of alkyl halides is 3. The van der Waals surface area contributed by atoms with Gasteiger partial charge >= 0.3 is 12.3 Å². The largest absolute Gasteiger partial charge is 0.573 e. The topological polar surface area (TPSA) is 46.5 Å². The van der Waals surface area contributed by atoms with Crippen LogP contribution in [0.15, 0.2) is 24.3 Å². The van der Waals surface area contributed by atoms with Gasteiger partial charge in [-0.3, -0.25) is 4.79 Å². The second-order valence-corrected chi connectivity index (χ2v) is 5.23. The molecule has 1 saturated carbocycles. The van der Waals surface area contributed by atoms with E-state index in [1.54, 1.807) is 0 Å². The Morgan fingerprint density at radius 2 is 1.79 bits per heavy atom. The summed E-state index contributed by atoms with van der Waals surface area (Å²) in [6.45, 7) is 3.66. The van der Waals surface area contributed by atoms with Crippen LogP contribution in [0.3, 0.4) is 0 Å². The molecule has 0 aliphatic heterocycles. The fourth-order valence-corrected chi connectivity index (χ4v) is 2.60. The maximum Gasteiger partial charge on any atom is 0.573 e. The summed E-state index contributed by atoms with van der Waals surface area (Å²) in [6, 6.07) is 5.37. The number of aliphatic carboxylic acids is 1. The molecule has 1 aliphatic carbocycles. The lowest BCUT2D eigenvalue weighted by molar-refractivity contribution is -0.274. The standard InChI is InChI=1S/C13H13F3O3/c1-12(2)9(10(12)11(17)18)7-3-5-8(6-4-7)19-13(14,15)16/h3-6,9-10H,1-2H3,(H,17,18). The van der Waals surface area contributed by atoms with Crippen molar-refractivity contribution in [2.24, 2.45) is 11.3 Å². The molecule has 3 nitrogen and oxygen atoms in total. The second-order valence-electron chi connectivity index (χ2n) is 5.23. The van der Waals surface area contributed by atoms with Crippen molar-refractivity contribution in [3.63, 3.8) is 0 Å². The number of hydrogen-bond acceptors (Lipinski definition) is 2. The average molecular weight is 274 g/mol. The lowest BCUT2D eigenvalue weighted by Gasteiger charge is -2.09. The third-order valence-electron chi connectivity index (χ3n) is 3.57. The zero-order chi connectivity index (χ0) is 14.4. The van der Waals surface area contributed by atoms with Crippen molar-refractivity contribution in [1.82, 2.24) is 0 Å². The molecule has 0 bridgehead atoms. The molecule has 1 aliphatic rings. The van der Waals surface area contributed by atoms with Gasteiger partial charge in [0.1, 0.15) is 5.75 Å². The van der Waals surface area contributed by atoms with Crippen LogP contribution in [0.4, 0.5) is 13.2 Å². The van der Waals surface area contributed by atoms with Crippen LogP contribution in [0.1, 0.15) is 25.3 Å². The average Bonchev–Trinajstić information content (AvgIpc) is 2.80. The van der Waals surface area contributed by atoms with Crippen molar-refractivity contribution in [2.75, 3.05) is 0 Å². The van der Waals surface area contributed by atoms with Crippen LogP contribution in [-0.4, -0.2) is 17.4 Å². The highest BCUT2D eigenvalue weighted by Gasteiger charge is 2.62. The van der Waals surface area contributed by atoms with Gasteiger partial charge in [0.2, 0.25) is 0 Å². The van der Waals surface area contributed by atoms with Gasteiger partial charge in [0, 0.05) is 5.92 Å². The van der Waals surface area contributed by atoms with Crippen LogP contribution in [0.25, 0.3) is 0 Å². The Bertz CT molecular complexity index is 491. The van der Waals surface area contributed by atoms with E-state index in [1.165, 1.54) is 24.3 Å². The van der Waals surface area contributed by atoms with Gasteiger partial charge in [0.25, 0.3) is 0 Å². The molecule has 0 radical (unpaired) electrons. The maximum atomic E-state index is 12.0. The molecule has 1 N–H and O–H groups in total. The van der Waals surface area contributed by atoms with Crippen molar-refractivity contribution in [1.29, 1.82) is 0 Å². The lowest BCUT2D eigenvalue weighted by Crippen LogP contribution is -2.17. The van der Waals surface area contributed by atoms with Gasteiger partial charge in [-0.1, -0.05) is 26.0 Å². The van der Waals surface area contributed by atoms with Crippen molar-refractivity contribution in [2.45, 2.75) is 26.1 Å². The van der Waals surface area contributed by atoms with Gasteiger partial charge in [0.05, 0.1) is 5.92 Å². The number of carboxylic acid groups (broad SMARTS) is 1. The Morgan fingerprint density at radius 1 is 1.26 bits per heavy atom. The SMILES string of the molecule is CC1(C)C(C(=O)O)C1c1ccc(OC(F)(F)F)cc1. The highest BCUT2D eigenvalue weighted by atomic mass is 19.4. The normalized spacial score (nSPS) is 24.9. The fraction of sp³-hybridized carbons (Fsp3) is 0.462. The number of rotatable bonds is 3. The Kier molecular flexibility index (Phi) is 2.99. The van der Waals surface area contributed by atoms with E-state index in [1.807, 2.05) is 13.8 Å². The van der Waals surface area contributed by atoms with Gasteiger partial charge in [-0.15, -0.1) is 13.2 Å². The smallest absolute Gasteiger partial charge is 0.481 e. The quantitative estimate of drug-likeness (QED) is 0.918. The van der Waals surface area contributed by atoms with E-state index in [0.29, 0.717) is 5.56 Å². The maximum absolute atomic E-state index is 12.0. The number of ether oxygens (including phenoxy) is 1. The van der Waals surface area contributed by atoms with Crippen LogP contribution < -0.4 is 4.74 Å². The minimum absolute atomic E-state index is 0.176. The molecule has 0 aromatic heterocycles. The first-order chi connectivity index (χ1) is 8.63. The summed E-state index contributed by atoms with van der Waals surface area (Å²) in [5.74, 6) is -1.86. The summed E-state index contributed by atoms with van der Waals surface area (Å²) in [6.07, 6.45) is -4.72. The summed E-state index contributed by atoms with van der Waals surface area (Å²) in [5.41, 5.74) is 0.338. The predicted molar refractivity (Wildman–Crippen MR) is 60.8 cm³/mol. The number of carbonyl (C=O) groups is 1. The van der Waals surface area contributed by atoms with E-state index in [9.17, 15) is 18.0 Å². The molecule has 2 rings (SSSR count). The molecule has 1 fully saturated rings. The van der Waals surface area contributed by atoms with Gasteiger partial charge in [-0.2, -0.15) is 0 Å². The lowest BCUT2D eigenvalue weighted by atomic mass is 10.0. The first-order valence-corrected chi connectivity index (χ1v) is 5.71. The van der Waals surface area contributed by atoms with E-state index in [-0.39, 0.29) is 17.1 Å². The molecule has 104 valence electrons. The van der Waals surface area contributed by atoms with E-state index >= 15 is 0 Å². The molecule has 0 spiro atoms. The van der Waals surface area contributed by atoms with Crippen LogP contribution in [-0.2, 0) is 4.79 Å². The monoisotopic (exact) mass is 274 g/mol. The number of hydrogen-bond donors (Lipinski definition) is 1. The van der Waals surface area contributed by atoms with Gasteiger partial charge in [0.15, 0.2) is 0 Å². The minimum atomic E-state index is -4.72. The molecule has 6 heteroatoms. The minimum Gasteiger partial charge on any atom is -0.481 e. The van der Waals surface area contributed by atoms with Crippen molar-refractivity contribution < 1.29 is 27.8 Å². The number of benzene rings is 1. The van der Waals surface area contributed by atoms with Crippen molar-refractivity contribution >= 4 is 5.97 Å². The van der Waals surface area contributed by atoms with Crippen LogP contribution in [0.2, 0.25) is 0 Å². The molecule has 0 amide bonds. The molecular weight excluding hydrogens is 261 g/mol. The summed E-state index contributed by atoms with van der Waals surface area (Å²) in [4.78, 5) is 11.0. The highest BCUT2D eigenvalue weighted by molar-refractivity contribution is 5.77. The van der Waals surface area contributed by atoms with Crippen molar-refractivity contribution in [3.8, 4) is 5.75 Å². The van der Waals surface area contributed by atoms with Gasteiger partial charge in [-0.25, -0.2) is 0 Å². The second kappa shape index (κ2) is 4.15. The van der Waals surface area contributed by atoms with E-state index in [2.05, 4.69) is 4.74 Å². The molecular formula is C13H13F3O3. The summed E-state index contributed by atoms with van der Waals surface area (Å²) >= 11 is 0. The number of halogens is 3. The Hall–Kier alpha value is -1.72. The first kappa shape index (κ1) is 13.7. The third kappa shape index (κ3) is 2.67. The number of carboxylic acids is 1. The zero-order valence-electron chi connectivity index (χ0n) is 10.4. The molecule has 2 atom stereocenters. The van der Waals surface area contributed by atoms with E-state index in [0.717, 1.165) is 0 Å². The van der Waals surface area contributed by atoms with E-state index < -0.39 is 18.2 Å². The summed E-state index contributed by atoms with van der Waals surface area (Å²) < 4.78 is 39.8. The fourth-order valence-electron chi connectivity index (χ4n) is 2.60. The molecule has 0 saturated heterocycles. The first-order valence-electron chi connectivity index (χ1n) is 5.71. The van der Waals surface area contributed by atoms with Crippen LogP contribution in [0.5, 0.6) is 5.75 Å². The molecule has 2 unspecified atom stereocenters. The van der Waals surface area contributed by atoms with Gasteiger partial charge in [-0.05, 0) is 23.1 Å². The summed E-state index contributed by atoms with van der Waals surface area (Å²) in [7, 11) is 0. The molecule has 0 heterocycles. The Morgan fingerprint density at radius 3 is 2.16 bits per heavy atom. The molecule has 1 aromatic carbocycles.